The van der Waals surface area contributed by atoms with Gasteiger partial charge < -0.3 is 4.57 Å². The van der Waals surface area contributed by atoms with Crippen LogP contribution in [0.25, 0.3) is 0 Å². The molecule has 3 nitrogen and oxygen atoms in total. The molecule has 0 radical (unpaired) electrons. The molecule has 1 heterocycles. The number of aromatic nitrogens is 3. The van der Waals surface area contributed by atoms with E-state index in [0.717, 1.165) is 31.6 Å². The molecule has 1 atom stereocenters. The van der Waals surface area contributed by atoms with Crippen molar-refractivity contribution in [2.75, 3.05) is 0 Å². The summed E-state index contributed by atoms with van der Waals surface area (Å²) in [5, 5.41) is 8.75. The lowest BCUT2D eigenvalue weighted by molar-refractivity contribution is 0.473. The second kappa shape index (κ2) is 6.77. The molecule has 0 spiro atoms. The monoisotopic (exact) mass is 237 g/mol. The molecule has 3 heteroatoms. The molecule has 1 aromatic heterocycles. The lowest BCUT2D eigenvalue weighted by Gasteiger charge is -2.16. The number of aryl methyl sites for hydroxylation is 2. The van der Waals surface area contributed by atoms with Crippen molar-refractivity contribution < 1.29 is 0 Å². The largest absolute Gasteiger partial charge is 0.312 e. The lowest BCUT2D eigenvalue weighted by atomic mass is 10.1. The predicted molar refractivity (Wildman–Crippen MR) is 72.2 cm³/mol. The van der Waals surface area contributed by atoms with Gasteiger partial charge >= 0.3 is 0 Å². The molecule has 1 rings (SSSR count). The highest BCUT2D eigenvalue weighted by molar-refractivity contribution is 4.99. The van der Waals surface area contributed by atoms with Crippen molar-refractivity contribution in [2.24, 2.45) is 5.92 Å². The summed E-state index contributed by atoms with van der Waals surface area (Å²) < 4.78 is 2.37. The highest BCUT2D eigenvalue weighted by Crippen LogP contribution is 2.18. The minimum Gasteiger partial charge on any atom is -0.312 e. The maximum atomic E-state index is 4.39. The Balaban J connectivity index is 2.87. The van der Waals surface area contributed by atoms with Crippen LogP contribution in [0.3, 0.4) is 0 Å². The van der Waals surface area contributed by atoms with Gasteiger partial charge in [0.05, 0.1) is 0 Å². The quantitative estimate of drug-likeness (QED) is 0.722. The predicted octanol–water partition coefficient (Wildman–Crippen LogP) is 3.79. The first-order valence-corrected chi connectivity index (χ1v) is 7.02. The van der Waals surface area contributed by atoms with Crippen LogP contribution in [0.5, 0.6) is 0 Å². The van der Waals surface area contributed by atoms with Gasteiger partial charge in [-0.3, -0.25) is 0 Å². The van der Waals surface area contributed by atoms with Gasteiger partial charge in [0.1, 0.15) is 11.6 Å². The highest BCUT2D eigenvalue weighted by Gasteiger charge is 2.15. The number of nitrogens with zero attached hydrogens (tertiary/aromatic N) is 3. The molecule has 1 unspecified atom stereocenters. The van der Waals surface area contributed by atoms with Gasteiger partial charge in [-0.25, -0.2) is 0 Å². The van der Waals surface area contributed by atoms with Crippen molar-refractivity contribution >= 4 is 0 Å². The average molecular weight is 237 g/mol. The topological polar surface area (TPSA) is 30.7 Å². The summed E-state index contributed by atoms with van der Waals surface area (Å²) in [6, 6.07) is 0.522. The second-order valence-electron chi connectivity index (χ2n) is 5.34. The molecular weight excluding hydrogens is 210 g/mol. The van der Waals surface area contributed by atoms with E-state index in [1.54, 1.807) is 0 Å². The molecule has 0 aliphatic carbocycles. The van der Waals surface area contributed by atoms with Crippen LogP contribution in [0, 0.1) is 5.92 Å². The third-order valence-electron chi connectivity index (χ3n) is 3.29. The minimum atomic E-state index is 0.522. The van der Waals surface area contributed by atoms with Gasteiger partial charge in [0, 0.05) is 18.9 Å². The van der Waals surface area contributed by atoms with E-state index in [1.165, 1.54) is 18.1 Å². The molecule has 0 aromatic carbocycles. The van der Waals surface area contributed by atoms with Crippen molar-refractivity contribution in [3.8, 4) is 0 Å². The summed E-state index contributed by atoms with van der Waals surface area (Å²) in [5.74, 6) is 3.07. The zero-order valence-corrected chi connectivity index (χ0v) is 12.0. The van der Waals surface area contributed by atoms with E-state index in [-0.39, 0.29) is 0 Å². The van der Waals surface area contributed by atoms with Crippen LogP contribution in [0.1, 0.15) is 71.6 Å². The van der Waals surface area contributed by atoms with Gasteiger partial charge in [0.15, 0.2) is 0 Å². The Morgan fingerprint density at radius 1 is 1.00 bits per heavy atom. The fourth-order valence-electron chi connectivity index (χ4n) is 2.03. The number of hydrogen-bond acceptors (Lipinski definition) is 2. The fourth-order valence-corrected chi connectivity index (χ4v) is 2.03. The van der Waals surface area contributed by atoms with Crippen molar-refractivity contribution in [1.29, 1.82) is 0 Å². The Hall–Kier alpha value is -0.860. The van der Waals surface area contributed by atoms with Crippen molar-refractivity contribution in [3.05, 3.63) is 11.6 Å². The molecule has 1 aromatic rings. The first kappa shape index (κ1) is 14.2. The van der Waals surface area contributed by atoms with Gasteiger partial charge in [-0.05, 0) is 32.1 Å². The highest BCUT2D eigenvalue weighted by atomic mass is 15.3. The SMILES string of the molecule is CCCc1nnc(CCC(C)C)n1C(C)CC. The smallest absolute Gasteiger partial charge is 0.133 e. The van der Waals surface area contributed by atoms with Crippen LogP contribution in [-0.2, 0) is 12.8 Å². The van der Waals surface area contributed by atoms with Gasteiger partial charge in [0.2, 0.25) is 0 Å². The van der Waals surface area contributed by atoms with E-state index in [0.29, 0.717) is 6.04 Å². The Morgan fingerprint density at radius 3 is 2.06 bits per heavy atom. The Bertz CT molecular complexity index is 328. The van der Waals surface area contributed by atoms with Crippen LogP contribution < -0.4 is 0 Å². The Morgan fingerprint density at radius 2 is 1.59 bits per heavy atom. The molecule has 17 heavy (non-hydrogen) atoms. The van der Waals surface area contributed by atoms with E-state index in [9.17, 15) is 0 Å². The summed E-state index contributed by atoms with van der Waals surface area (Å²) in [6.07, 6.45) is 5.57. The normalized spacial score (nSPS) is 13.3. The zero-order valence-electron chi connectivity index (χ0n) is 12.0. The summed E-state index contributed by atoms with van der Waals surface area (Å²) in [6.45, 7) is 11.2. The van der Waals surface area contributed by atoms with E-state index in [2.05, 4.69) is 49.4 Å². The van der Waals surface area contributed by atoms with Crippen LogP contribution in [-0.4, -0.2) is 14.8 Å². The summed E-state index contributed by atoms with van der Waals surface area (Å²) >= 11 is 0. The minimum absolute atomic E-state index is 0.522. The van der Waals surface area contributed by atoms with Gasteiger partial charge in [-0.1, -0.05) is 27.7 Å². The lowest BCUT2D eigenvalue weighted by Crippen LogP contribution is -2.13. The first-order valence-electron chi connectivity index (χ1n) is 7.02. The third kappa shape index (κ3) is 3.83. The molecule has 0 amide bonds. The summed E-state index contributed by atoms with van der Waals surface area (Å²) in [7, 11) is 0. The van der Waals surface area contributed by atoms with Crippen molar-refractivity contribution in [2.45, 2.75) is 72.8 Å². The molecule has 0 aliphatic rings. The van der Waals surface area contributed by atoms with Gasteiger partial charge in [-0.15, -0.1) is 10.2 Å². The Kier molecular flexibility index (Phi) is 5.66. The second-order valence-corrected chi connectivity index (χ2v) is 5.34. The molecule has 0 saturated carbocycles. The summed E-state index contributed by atoms with van der Waals surface area (Å²) in [4.78, 5) is 0. The average Bonchev–Trinajstić information content (AvgIpc) is 2.69. The van der Waals surface area contributed by atoms with Crippen LogP contribution >= 0.6 is 0 Å². The standard InChI is InChI=1S/C14H27N3/c1-6-8-13-15-16-14(10-9-11(3)4)17(13)12(5)7-2/h11-12H,6-10H2,1-5H3. The maximum absolute atomic E-state index is 4.39. The molecule has 98 valence electrons. The zero-order chi connectivity index (χ0) is 12.8. The fraction of sp³-hybridized carbons (Fsp3) is 0.857. The molecule has 0 bridgehead atoms. The molecule has 0 saturated heterocycles. The Labute approximate surface area is 106 Å². The third-order valence-corrected chi connectivity index (χ3v) is 3.29. The van der Waals surface area contributed by atoms with Crippen LogP contribution in [0.4, 0.5) is 0 Å². The molecule has 0 N–H and O–H groups in total. The van der Waals surface area contributed by atoms with Gasteiger partial charge in [-0.2, -0.15) is 0 Å². The van der Waals surface area contributed by atoms with Crippen molar-refractivity contribution in [1.82, 2.24) is 14.8 Å². The summed E-state index contributed by atoms with van der Waals surface area (Å²) in [5.41, 5.74) is 0. The van der Waals surface area contributed by atoms with Crippen LogP contribution in [0.15, 0.2) is 0 Å². The van der Waals surface area contributed by atoms with Gasteiger partial charge in [0.25, 0.3) is 0 Å². The van der Waals surface area contributed by atoms with Crippen molar-refractivity contribution in [3.63, 3.8) is 0 Å². The molecule has 0 aliphatic heterocycles. The van der Waals surface area contributed by atoms with E-state index in [4.69, 9.17) is 0 Å². The maximum Gasteiger partial charge on any atom is 0.133 e. The van der Waals surface area contributed by atoms with E-state index < -0.39 is 0 Å². The number of hydrogen-bond donors (Lipinski definition) is 0. The van der Waals surface area contributed by atoms with Crippen LogP contribution in [0.2, 0.25) is 0 Å². The molecule has 0 fully saturated rings. The van der Waals surface area contributed by atoms with E-state index in [1.807, 2.05) is 0 Å². The number of rotatable bonds is 7. The molecular formula is C14H27N3. The first-order chi connectivity index (χ1) is 8.10. The van der Waals surface area contributed by atoms with E-state index >= 15 is 0 Å².